The number of rotatable bonds is 8. The zero-order chi connectivity index (χ0) is 23.2. The maximum atomic E-state index is 2.59. The Bertz CT molecular complexity index is 858. The Hall–Kier alpha value is -0.270. The molecule has 33 heavy (non-hydrogen) atoms. The lowest BCUT2D eigenvalue weighted by atomic mass is 9.99. The highest BCUT2D eigenvalue weighted by Gasteiger charge is 2.34. The predicted molar refractivity (Wildman–Crippen MR) is 158 cm³/mol. The highest BCUT2D eigenvalue weighted by molar-refractivity contribution is 7.67. The first-order chi connectivity index (χ1) is 16.0. The summed E-state index contributed by atoms with van der Waals surface area (Å²) in [6.07, 6.45) is 14.7. The molecule has 2 fully saturated rings. The first kappa shape index (κ1) is 25.8. The van der Waals surface area contributed by atoms with Gasteiger partial charge in [-0.2, -0.15) is 0 Å². The van der Waals surface area contributed by atoms with Crippen molar-refractivity contribution in [2.45, 2.75) is 115 Å². The minimum Gasteiger partial charge on any atom is -0.0871 e. The van der Waals surface area contributed by atoms with Crippen molar-refractivity contribution in [3.8, 4) is 11.1 Å². The summed E-state index contributed by atoms with van der Waals surface area (Å²) >= 11 is 0. The minimum absolute atomic E-state index is 0.103. The Labute approximate surface area is 208 Å². The average molecular weight is 499 g/mol. The van der Waals surface area contributed by atoms with Crippen LogP contribution in [0.2, 0.25) is 0 Å². The van der Waals surface area contributed by atoms with Crippen LogP contribution in [-0.4, -0.2) is 22.6 Å². The van der Waals surface area contributed by atoms with Crippen LogP contribution in [0.3, 0.4) is 0 Å². The van der Waals surface area contributed by atoms with Crippen molar-refractivity contribution in [2.24, 2.45) is 0 Å². The fourth-order valence-electron chi connectivity index (χ4n) is 6.02. The molecule has 2 aromatic carbocycles. The lowest BCUT2D eigenvalue weighted by Gasteiger charge is -2.40. The quantitative estimate of drug-likeness (QED) is 0.320. The second-order valence-electron chi connectivity index (χ2n) is 10.8. The monoisotopic (exact) mass is 498 g/mol. The van der Waals surface area contributed by atoms with Crippen LogP contribution in [0.15, 0.2) is 42.5 Å². The summed E-state index contributed by atoms with van der Waals surface area (Å²) in [6.45, 7) is 9.58. The highest BCUT2D eigenvalue weighted by Crippen LogP contribution is 2.56. The maximum Gasteiger partial charge on any atom is -0.00260 e. The first-order valence-electron chi connectivity index (χ1n) is 13.6. The fourth-order valence-corrected chi connectivity index (χ4v) is 12.5. The standard InChI is InChI=1S/C30H45P3/c1-22(2)31-27-19-12-11-18-26(27)30-28(32-23(3)4)20-13-21-29(30)33(24-14-7-5-8-15-24)25-16-9-6-10-17-25/h11-13,18-25,31-32H,5-10,14-17H2,1-4H3. The first-order valence-corrected chi connectivity index (χ1v) is 17.2. The van der Waals surface area contributed by atoms with Gasteiger partial charge in [0.2, 0.25) is 0 Å². The SMILES string of the molecule is CC(C)Pc1ccccc1-c1c(PC(C)C)cccc1P(C1CCCCC1)C1CCCCC1. The predicted octanol–water partition coefficient (Wildman–Crippen LogP) is 8.55. The molecule has 180 valence electrons. The molecule has 0 bridgehead atoms. The maximum absolute atomic E-state index is 2.59. The van der Waals surface area contributed by atoms with Crippen LogP contribution in [0.4, 0.5) is 0 Å². The van der Waals surface area contributed by atoms with E-state index in [4.69, 9.17) is 0 Å². The van der Waals surface area contributed by atoms with Gasteiger partial charge in [0.05, 0.1) is 0 Å². The van der Waals surface area contributed by atoms with Crippen molar-refractivity contribution in [3.05, 3.63) is 42.5 Å². The van der Waals surface area contributed by atoms with Gasteiger partial charge in [-0.05, 0) is 75.4 Å². The lowest BCUT2D eigenvalue weighted by molar-refractivity contribution is 0.487. The van der Waals surface area contributed by atoms with Crippen LogP contribution in [0.25, 0.3) is 11.1 Å². The molecule has 0 amide bonds. The summed E-state index contributed by atoms with van der Waals surface area (Å²) in [6, 6.07) is 17.0. The second kappa shape index (κ2) is 12.6. The van der Waals surface area contributed by atoms with E-state index in [0.29, 0.717) is 11.3 Å². The molecule has 0 aliphatic heterocycles. The number of hydrogen-bond acceptors (Lipinski definition) is 0. The van der Waals surface area contributed by atoms with E-state index < -0.39 is 0 Å². The van der Waals surface area contributed by atoms with Crippen molar-refractivity contribution in [1.82, 2.24) is 0 Å². The third-order valence-electron chi connectivity index (χ3n) is 7.34. The molecule has 4 rings (SSSR count). The van der Waals surface area contributed by atoms with E-state index >= 15 is 0 Å². The molecule has 0 saturated heterocycles. The smallest absolute Gasteiger partial charge is 0.00260 e. The van der Waals surface area contributed by atoms with Gasteiger partial charge in [-0.15, -0.1) is 0 Å². The van der Waals surface area contributed by atoms with Crippen LogP contribution in [-0.2, 0) is 0 Å². The van der Waals surface area contributed by atoms with Gasteiger partial charge in [0, 0.05) is 0 Å². The van der Waals surface area contributed by atoms with Gasteiger partial charge in [-0.1, -0.05) is 134 Å². The Morgan fingerprint density at radius 2 is 1.15 bits per heavy atom. The third kappa shape index (κ3) is 6.69. The summed E-state index contributed by atoms with van der Waals surface area (Å²) in [7, 11) is 1.69. The van der Waals surface area contributed by atoms with Gasteiger partial charge >= 0.3 is 0 Å². The second-order valence-corrected chi connectivity index (χ2v) is 17.6. The molecule has 0 heterocycles. The van der Waals surface area contributed by atoms with Crippen LogP contribution < -0.4 is 15.9 Å². The average Bonchev–Trinajstić information content (AvgIpc) is 2.81. The zero-order valence-electron chi connectivity index (χ0n) is 21.4. The molecule has 2 unspecified atom stereocenters. The van der Waals surface area contributed by atoms with Crippen molar-refractivity contribution >= 4 is 41.0 Å². The summed E-state index contributed by atoms with van der Waals surface area (Å²) in [4.78, 5) is 0. The van der Waals surface area contributed by atoms with Gasteiger partial charge in [0.25, 0.3) is 0 Å². The molecular weight excluding hydrogens is 453 g/mol. The summed E-state index contributed by atoms with van der Waals surface area (Å²) in [5.41, 5.74) is 6.58. The van der Waals surface area contributed by atoms with E-state index in [-0.39, 0.29) is 7.92 Å². The van der Waals surface area contributed by atoms with E-state index in [1.165, 1.54) is 64.2 Å². The van der Waals surface area contributed by atoms with E-state index in [2.05, 4.69) is 70.2 Å². The van der Waals surface area contributed by atoms with Crippen molar-refractivity contribution in [3.63, 3.8) is 0 Å². The van der Waals surface area contributed by atoms with E-state index in [9.17, 15) is 0 Å². The molecular formula is C30H45P3. The number of benzene rings is 2. The lowest BCUT2D eigenvalue weighted by Crippen LogP contribution is -2.29. The molecule has 2 aromatic rings. The van der Waals surface area contributed by atoms with Gasteiger partial charge < -0.3 is 0 Å². The van der Waals surface area contributed by atoms with Gasteiger partial charge in [-0.25, -0.2) is 0 Å². The topological polar surface area (TPSA) is 0 Å². The summed E-state index contributed by atoms with van der Waals surface area (Å²) in [5.74, 6) is 0. The van der Waals surface area contributed by atoms with Crippen LogP contribution in [0, 0.1) is 0 Å². The Morgan fingerprint density at radius 3 is 1.73 bits per heavy atom. The summed E-state index contributed by atoms with van der Waals surface area (Å²) < 4.78 is 0. The van der Waals surface area contributed by atoms with Gasteiger partial charge in [-0.3, -0.25) is 0 Å². The minimum atomic E-state index is -0.103. The largest absolute Gasteiger partial charge is 0.0871 e. The molecule has 2 aliphatic carbocycles. The van der Waals surface area contributed by atoms with Crippen molar-refractivity contribution in [1.29, 1.82) is 0 Å². The van der Waals surface area contributed by atoms with E-state index in [1.54, 1.807) is 27.0 Å². The highest BCUT2D eigenvalue weighted by atomic mass is 31.1. The van der Waals surface area contributed by atoms with Crippen molar-refractivity contribution in [2.75, 3.05) is 0 Å². The summed E-state index contributed by atoms with van der Waals surface area (Å²) in [5, 5.41) is 5.02. The Balaban J connectivity index is 1.88. The molecule has 3 heteroatoms. The van der Waals surface area contributed by atoms with Gasteiger partial charge in [0.1, 0.15) is 0 Å². The van der Waals surface area contributed by atoms with E-state index in [0.717, 1.165) is 28.5 Å². The van der Waals surface area contributed by atoms with Crippen molar-refractivity contribution < 1.29 is 0 Å². The normalized spacial score (nSPS) is 19.2. The van der Waals surface area contributed by atoms with E-state index in [1.807, 2.05) is 0 Å². The molecule has 0 N–H and O–H groups in total. The Morgan fingerprint density at radius 1 is 0.636 bits per heavy atom. The fraction of sp³-hybridized carbons (Fsp3) is 0.600. The molecule has 0 nitrogen and oxygen atoms in total. The molecule has 2 aliphatic rings. The third-order valence-corrected chi connectivity index (χ3v) is 13.5. The molecule has 0 aromatic heterocycles. The molecule has 0 radical (unpaired) electrons. The van der Waals surface area contributed by atoms with Crippen LogP contribution in [0.5, 0.6) is 0 Å². The van der Waals surface area contributed by atoms with Crippen LogP contribution in [0.1, 0.15) is 91.9 Å². The molecule has 0 spiro atoms. The number of hydrogen-bond donors (Lipinski definition) is 0. The van der Waals surface area contributed by atoms with Gasteiger partial charge in [0.15, 0.2) is 0 Å². The zero-order valence-corrected chi connectivity index (χ0v) is 24.3. The molecule has 2 atom stereocenters. The van der Waals surface area contributed by atoms with Crippen LogP contribution >= 0.6 is 25.1 Å². The molecule has 2 saturated carbocycles. The Kier molecular flexibility index (Phi) is 9.87.